The Kier molecular flexibility index (Phi) is 3.09. The van der Waals surface area contributed by atoms with Crippen molar-refractivity contribution in [2.24, 2.45) is 0 Å². The lowest BCUT2D eigenvalue weighted by atomic mass is 10.0. The van der Waals surface area contributed by atoms with Crippen molar-refractivity contribution < 1.29 is 5.11 Å². The molecule has 3 heteroatoms. The fourth-order valence-corrected chi connectivity index (χ4v) is 3.22. The summed E-state index contributed by atoms with van der Waals surface area (Å²) in [6.07, 6.45) is 1.23. The summed E-state index contributed by atoms with van der Waals surface area (Å²) in [7, 11) is 0. The van der Waals surface area contributed by atoms with Gasteiger partial charge in [0.1, 0.15) is 6.10 Å². The summed E-state index contributed by atoms with van der Waals surface area (Å²) < 4.78 is 0. The van der Waals surface area contributed by atoms with E-state index in [9.17, 15) is 5.11 Å². The Balaban J connectivity index is 2.03. The number of aliphatic hydroxyl groups excluding tert-OH is 1. The molecule has 2 aromatic heterocycles. The number of rotatable bonds is 2. The van der Waals surface area contributed by atoms with Gasteiger partial charge in [0.25, 0.3) is 0 Å². The van der Waals surface area contributed by atoms with Gasteiger partial charge in [-0.05, 0) is 49.2 Å². The highest BCUT2D eigenvalue weighted by Crippen LogP contribution is 2.31. The van der Waals surface area contributed by atoms with Crippen molar-refractivity contribution in [3.05, 3.63) is 63.5 Å². The standard InChI is InChI=1S/C16H15NOS/c1-10-8-15(19-11(10)2)16(18)13-5-6-14-12(9-13)4-3-7-17-14/h3-9,16,18H,1-2H3. The zero-order valence-electron chi connectivity index (χ0n) is 10.9. The summed E-state index contributed by atoms with van der Waals surface area (Å²) >= 11 is 1.66. The second-order valence-corrected chi connectivity index (χ2v) is 6.03. The van der Waals surface area contributed by atoms with E-state index in [1.54, 1.807) is 17.5 Å². The van der Waals surface area contributed by atoms with Gasteiger partial charge in [0.2, 0.25) is 0 Å². The second-order valence-electron chi connectivity index (χ2n) is 4.75. The van der Waals surface area contributed by atoms with Crippen LogP contribution in [0.5, 0.6) is 0 Å². The Morgan fingerprint density at radius 2 is 2.00 bits per heavy atom. The van der Waals surface area contributed by atoms with Crippen LogP contribution in [0.2, 0.25) is 0 Å². The fraction of sp³-hybridized carbons (Fsp3) is 0.188. The van der Waals surface area contributed by atoms with E-state index in [4.69, 9.17) is 0 Å². The minimum atomic E-state index is -0.554. The Morgan fingerprint density at radius 1 is 1.16 bits per heavy atom. The van der Waals surface area contributed by atoms with E-state index in [2.05, 4.69) is 24.9 Å². The van der Waals surface area contributed by atoms with E-state index in [0.717, 1.165) is 21.3 Å². The molecule has 1 N–H and O–H groups in total. The van der Waals surface area contributed by atoms with Crippen LogP contribution in [0.3, 0.4) is 0 Å². The quantitative estimate of drug-likeness (QED) is 0.763. The molecule has 3 aromatic rings. The minimum absolute atomic E-state index is 0.554. The summed E-state index contributed by atoms with van der Waals surface area (Å²) in [6, 6.07) is 11.9. The van der Waals surface area contributed by atoms with Gasteiger partial charge in [0.05, 0.1) is 5.52 Å². The SMILES string of the molecule is Cc1cc(C(O)c2ccc3ncccc3c2)sc1C. The molecule has 0 aliphatic heterocycles. The first kappa shape index (κ1) is 12.3. The number of hydrogen-bond acceptors (Lipinski definition) is 3. The predicted molar refractivity (Wildman–Crippen MR) is 79.6 cm³/mol. The van der Waals surface area contributed by atoms with Gasteiger partial charge in [0.15, 0.2) is 0 Å². The van der Waals surface area contributed by atoms with Gasteiger partial charge in [-0.1, -0.05) is 12.1 Å². The van der Waals surface area contributed by atoms with E-state index in [0.29, 0.717) is 0 Å². The summed E-state index contributed by atoms with van der Waals surface area (Å²) in [5.74, 6) is 0. The molecule has 19 heavy (non-hydrogen) atoms. The number of pyridine rings is 1. The van der Waals surface area contributed by atoms with Crippen molar-refractivity contribution in [2.45, 2.75) is 20.0 Å². The number of aliphatic hydroxyl groups is 1. The zero-order valence-corrected chi connectivity index (χ0v) is 11.7. The van der Waals surface area contributed by atoms with E-state index in [1.165, 1.54) is 10.4 Å². The molecule has 0 spiro atoms. The maximum atomic E-state index is 10.5. The Bertz CT molecular complexity index is 713. The molecule has 0 amide bonds. The van der Waals surface area contributed by atoms with Crippen LogP contribution in [-0.2, 0) is 0 Å². The molecule has 0 aliphatic carbocycles. The summed E-state index contributed by atoms with van der Waals surface area (Å²) in [6.45, 7) is 4.16. The Morgan fingerprint density at radius 3 is 2.74 bits per heavy atom. The molecular weight excluding hydrogens is 254 g/mol. The molecule has 0 radical (unpaired) electrons. The number of benzene rings is 1. The minimum Gasteiger partial charge on any atom is -0.383 e. The maximum absolute atomic E-state index is 10.5. The van der Waals surface area contributed by atoms with Gasteiger partial charge in [-0.2, -0.15) is 0 Å². The van der Waals surface area contributed by atoms with Crippen molar-refractivity contribution >= 4 is 22.2 Å². The molecule has 1 aromatic carbocycles. The van der Waals surface area contributed by atoms with Gasteiger partial charge < -0.3 is 5.11 Å². The van der Waals surface area contributed by atoms with Crippen LogP contribution >= 0.6 is 11.3 Å². The Labute approximate surface area is 116 Å². The second kappa shape index (κ2) is 4.76. The van der Waals surface area contributed by atoms with Crippen LogP contribution in [0.4, 0.5) is 0 Å². The molecule has 1 unspecified atom stereocenters. The third kappa shape index (κ3) is 2.27. The van der Waals surface area contributed by atoms with Crippen LogP contribution in [0, 0.1) is 13.8 Å². The number of nitrogens with zero attached hydrogens (tertiary/aromatic N) is 1. The molecule has 0 bridgehead atoms. The zero-order chi connectivity index (χ0) is 13.4. The normalized spacial score (nSPS) is 12.8. The number of aryl methyl sites for hydroxylation is 2. The molecule has 0 saturated heterocycles. The first-order valence-corrected chi connectivity index (χ1v) is 7.06. The average Bonchev–Trinajstić information content (AvgIpc) is 2.77. The van der Waals surface area contributed by atoms with Crippen molar-refractivity contribution in [3.63, 3.8) is 0 Å². The molecule has 1 atom stereocenters. The summed E-state index contributed by atoms with van der Waals surface area (Å²) in [4.78, 5) is 6.55. The molecule has 96 valence electrons. The highest BCUT2D eigenvalue weighted by molar-refractivity contribution is 7.12. The largest absolute Gasteiger partial charge is 0.383 e. The lowest BCUT2D eigenvalue weighted by Gasteiger charge is -2.09. The van der Waals surface area contributed by atoms with Crippen molar-refractivity contribution in [1.29, 1.82) is 0 Å². The monoisotopic (exact) mass is 269 g/mol. The van der Waals surface area contributed by atoms with E-state index in [1.807, 2.05) is 30.3 Å². The maximum Gasteiger partial charge on any atom is 0.113 e. The van der Waals surface area contributed by atoms with Crippen LogP contribution < -0.4 is 0 Å². The highest BCUT2D eigenvalue weighted by atomic mass is 32.1. The molecule has 0 aliphatic rings. The topological polar surface area (TPSA) is 33.1 Å². The first-order chi connectivity index (χ1) is 9.15. The van der Waals surface area contributed by atoms with Gasteiger partial charge in [0, 0.05) is 21.3 Å². The van der Waals surface area contributed by atoms with Crippen molar-refractivity contribution in [3.8, 4) is 0 Å². The van der Waals surface area contributed by atoms with E-state index < -0.39 is 6.10 Å². The smallest absolute Gasteiger partial charge is 0.113 e. The van der Waals surface area contributed by atoms with Gasteiger partial charge in [-0.15, -0.1) is 11.3 Å². The lowest BCUT2D eigenvalue weighted by Crippen LogP contribution is -1.97. The van der Waals surface area contributed by atoms with Crippen LogP contribution in [0.15, 0.2) is 42.6 Å². The molecule has 0 fully saturated rings. The number of aromatic nitrogens is 1. The molecule has 0 saturated carbocycles. The molecule has 3 rings (SSSR count). The number of fused-ring (bicyclic) bond motifs is 1. The fourth-order valence-electron chi connectivity index (χ4n) is 2.16. The van der Waals surface area contributed by atoms with Gasteiger partial charge >= 0.3 is 0 Å². The predicted octanol–water partition coefficient (Wildman–Crippen LogP) is 3.99. The van der Waals surface area contributed by atoms with Gasteiger partial charge in [-0.25, -0.2) is 0 Å². The lowest BCUT2D eigenvalue weighted by molar-refractivity contribution is 0.224. The summed E-state index contributed by atoms with van der Waals surface area (Å²) in [5.41, 5.74) is 3.11. The van der Waals surface area contributed by atoms with Crippen molar-refractivity contribution in [2.75, 3.05) is 0 Å². The van der Waals surface area contributed by atoms with Crippen LogP contribution in [-0.4, -0.2) is 10.1 Å². The third-order valence-electron chi connectivity index (χ3n) is 3.40. The van der Waals surface area contributed by atoms with Crippen LogP contribution in [0.1, 0.15) is 27.0 Å². The number of thiophene rings is 1. The summed E-state index contributed by atoms with van der Waals surface area (Å²) in [5, 5.41) is 11.5. The van der Waals surface area contributed by atoms with Crippen molar-refractivity contribution in [1.82, 2.24) is 4.98 Å². The Hall–Kier alpha value is -1.71. The number of hydrogen-bond donors (Lipinski definition) is 1. The van der Waals surface area contributed by atoms with Gasteiger partial charge in [-0.3, -0.25) is 4.98 Å². The third-order valence-corrected chi connectivity index (χ3v) is 4.60. The van der Waals surface area contributed by atoms with E-state index >= 15 is 0 Å². The molecule has 2 heterocycles. The molecule has 2 nitrogen and oxygen atoms in total. The first-order valence-electron chi connectivity index (χ1n) is 6.25. The van der Waals surface area contributed by atoms with Crippen LogP contribution in [0.25, 0.3) is 10.9 Å². The highest BCUT2D eigenvalue weighted by Gasteiger charge is 2.14. The molecular formula is C16H15NOS. The average molecular weight is 269 g/mol. The van der Waals surface area contributed by atoms with E-state index in [-0.39, 0.29) is 0 Å².